The summed E-state index contributed by atoms with van der Waals surface area (Å²) in [4.78, 5) is 0. The third kappa shape index (κ3) is 3.53. The van der Waals surface area contributed by atoms with Crippen molar-refractivity contribution in [1.82, 2.24) is 0 Å². The molecule has 0 bridgehead atoms. The lowest BCUT2D eigenvalue weighted by molar-refractivity contribution is 0.368. The van der Waals surface area contributed by atoms with Gasteiger partial charge in [0.15, 0.2) is 6.61 Å². The van der Waals surface area contributed by atoms with Gasteiger partial charge < -0.3 is 10.1 Å². The van der Waals surface area contributed by atoms with Gasteiger partial charge in [-0.2, -0.15) is 5.26 Å². The molecule has 0 aliphatic heterocycles. The number of hydrogen-bond donors (Lipinski definition) is 1. The average molecular weight is 238 g/mol. The lowest BCUT2D eigenvalue weighted by Gasteiger charge is -2.08. The van der Waals surface area contributed by atoms with Crippen LogP contribution in [-0.4, -0.2) is 6.61 Å². The molecule has 0 radical (unpaired) electrons. The topological polar surface area (TPSA) is 45.0 Å². The first-order valence-electron chi connectivity index (χ1n) is 5.76. The fourth-order valence-electron chi connectivity index (χ4n) is 1.62. The molecule has 0 aromatic heterocycles. The minimum absolute atomic E-state index is 0.0789. The maximum Gasteiger partial charge on any atom is 0.174 e. The predicted molar refractivity (Wildman–Crippen MR) is 71.3 cm³/mol. The third-order valence-electron chi connectivity index (χ3n) is 2.47. The van der Waals surface area contributed by atoms with E-state index in [1.54, 1.807) is 0 Å². The van der Waals surface area contributed by atoms with Gasteiger partial charge in [-0.05, 0) is 29.8 Å². The van der Waals surface area contributed by atoms with Crippen LogP contribution in [0.5, 0.6) is 5.75 Å². The van der Waals surface area contributed by atoms with Crippen LogP contribution in [0.4, 0.5) is 5.69 Å². The number of benzene rings is 2. The predicted octanol–water partition coefficient (Wildman–Crippen LogP) is 3.20. The highest BCUT2D eigenvalue weighted by Gasteiger charge is 1.97. The summed E-state index contributed by atoms with van der Waals surface area (Å²) in [6, 6.07) is 19.7. The van der Waals surface area contributed by atoms with Crippen molar-refractivity contribution in [2.24, 2.45) is 0 Å². The van der Waals surface area contributed by atoms with Crippen LogP contribution in [0.1, 0.15) is 5.56 Å². The molecular formula is C15H14N2O. The molecule has 0 amide bonds. The van der Waals surface area contributed by atoms with E-state index in [1.165, 1.54) is 0 Å². The van der Waals surface area contributed by atoms with E-state index in [9.17, 15) is 0 Å². The van der Waals surface area contributed by atoms with Gasteiger partial charge in [-0.15, -0.1) is 0 Å². The summed E-state index contributed by atoms with van der Waals surface area (Å²) in [5.41, 5.74) is 2.20. The fraction of sp³-hybridized carbons (Fsp3) is 0.133. The number of hydrogen-bond acceptors (Lipinski definition) is 3. The van der Waals surface area contributed by atoms with Crippen molar-refractivity contribution in [1.29, 1.82) is 5.26 Å². The van der Waals surface area contributed by atoms with Gasteiger partial charge in [-0.1, -0.05) is 30.3 Å². The summed E-state index contributed by atoms with van der Waals surface area (Å²) in [5.74, 6) is 0.726. The smallest absolute Gasteiger partial charge is 0.174 e. The highest BCUT2D eigenvalue weighted by molar-refractivity contribution is 5.43. The quantitative estimate of drug-likeness (QED) is 0.870. The minimum atomic E-state index is 0.0789. The summed E-state index contributed by atoms with van der Waals surface area (Å²) in [5, 5.41) is 11.8. The Kier molecular flexibility index (Phi) is 4.21. The highest BCUT2D eigenvalue weighted by Crippen LogP contribution is 2.15. The lowest BCUT2D eigenvalue weighted by atomic mass is 10.2. The molecule has 2 aromatic rings. The summed E-state index contributed by atoms with van der Waals surface area (Å²) >= 11 is 0. The zero-order chi connectivity index (χ0) is 12.6. The summed E-state index contributed by atoms with van der Waals surface area (Å²) in [6.07, 6.45) is 0. The Hall–Kier alpha value is -2.47. The largest absolute Gasteiger partial charge is 0.479 e. The van der Waals surface area contributed by atoms with E-state index in [4.69, 9.17) is 10.00 Å². The number of nitrogens with zero attached hydrogens (tertiary/aromatic N) is 1. The molecule has 0 saturated carbocycles. The first-order chi connectivity index (χ1) is 8.88. The molecule has 2 aromatic carbocycles. The molecule has 0 saturated heterocycles. The second kappa shape index (κ2) is 6.31. The number of nitrogens with one attached hydrogen (secondary N) is 1. The van der Waals surface area contributed by atoms with Crippen LogP contribution < -0.4 is 10.1 Å². The number of anilines is 1. The molecule has 0 unspecified atom stereocenters. The Labute approximate surface area is 107 Å². The molecule has 18 heavy (non-hydrogen) atoms. The van der Waals surface area contributed by atoms with Crippen LogP contribution >= 0.6 is 0 Å². The highest BCUT2D eigenvalue weighted by atomic mass is 16.5. The Morgan fingerprint density at radius 1 is 1.06 bits per heavy atom. The van der Waals surface area contributed by atoms with Crippen molar-refractivity contribution >= 4 is 5.69 Å². The van der Waals surface area contributed by atoms with Crippen LogP contribution in [0, 0.1) is 11.3 Å². The monoisotopic (exact) mass is 238 g/mol. The summed E-state index contributed by atoms with van der Waals surface area (Å²) in [7, 11) is 0. The molecule has 0 heterocycles. The molecule has 0 aliphatic rings. The Morgan fingerprint density at radius 3 is 2.67 bits per heavy atom. The molecule has 2 rings (SSSR count). The van der Waals surface area contributed by atoms with E-state index >= 15 is 0 Å². The van der Waals surface area contributed by atoms with Crippen molar-refractivity contribution in [2.45, 2.75) is 6.54 Å². The Balaban J connectivity index is 1.95. The molecule has 0 atom stereocenters. The van der Waals surface area contributed by atoms with E-state index in [0.717, 1.165) is 23.5 Å². The second-order valence-electron chi connectivity index (χ2n) is 3.81. The van der Waals surface area contributed by atoms with E-state index in [-0.39, 0.29) is 6.61 Å². The van der Waals surface area contributed by atoms with Gasteiger partial charge >= 0.3 is 0 Å². The van der Waals surface area contributed by atoms with Gasteiger partial charge in [-0.3, -0.25) is 0 Å². The van der Waals surface area contributed by atoms with Gasteiger partial charge in [0.2, 0.25) is 0 Å². The van der Waals surface area contributed by atoms with Gasteiger partial charge in [0.05, 0.1) is 0 Å². The number of ether oxygens (including phenoxy) is 1. The SMILES string of the molecule is N#CCOc1cccc(CNc2ccccc2)c1. The molecule has 3 nitrogen and oxygen atoms in total. The van der Waals surface area contributed by atoms with Crippen molar-refractivity contribution in [2.75, 3.05) is 11.9 Å². The van der Waals surface area contributed by atoms with E-state index in [2.05, 4.69) is 5.32 Å². The lowest BCUT2D eigenvalue weighted by Crippen LogP contribution is -2.00. The van der Waals surface area contributed by atoms with Crippen molar-refractivity contribution in [3.63, 3.8) is 0 Å². The van der Waals surface area contributed by atoms with Crippen molar-refractivity contribution < 1.29 is 4.74 Å². The number of rotatable bonds is 5. The number of para-hydroxylation sites is 1. The Bertz CT molecular complexity index is 532. The average Bonchev–Trinajstić information content (AvgIpc) is 2.44. The molecule has 0 fully saturated rings. The normalized spacial score (nSPS) is 9.50. The minimum Gasteiger partial charge on any atom is -0.479 e. The third-order valence-corrected chi connectivity index (χ3v) is 2.47. The molecule has 0 spiro atoms. The van der Waals surface area contributed by atoms with Gasteiger partial charge in [0, 0.05) is 12.2 Å². The van der Waals surface area contributed by atoms with Gasteiger partial charge in [-0.25, -0.2) is 0 Å². The maximum absolute atomic E-state index is 8.46. The van der Waals surface area contributed by atoms with Crippen molar-refractivity contribution in [3.05, 3.63) is 60.2 Å². The van der Waals surface area contributed by atoms with Crippen LogP contribution in [0.15, 0.2) is 54.6 Å². The number of nitriles is 1. The van der Waals surface area contributed by atoms with Gasteiger partial charge in [0.25, 0.3) is 0 Å². The first-order valence-corrected chi connectivity index (χ1v) is 5.76. The van der Waals surface area contributed by atoms with Gasteiger partial charge in [0.1, 0.15) is 11.8 Å². The standard InChI is InChI=1S/C15H14N2O/c16-9-10-18-15-8-4-5-13(11-15)12-17-14-6-2-1-3-7-14/h1-8,11,17H,10,12H2. The summed E-state index contributed by atoms with van der Waals surface area (Å²) in [6.45, 7) is 0.809. The molecule has 90 valence electrons. The van der Waals surface area contributed by atoms with Crippen LogP contribution in [0.25, 0.3) is 0 Å². The van der Waals surface area contributed by atoms with Crippen LogP contribution in [0.3, 0.4) is 0 Å². The zero-order valence-corrected chi connectivity index (χ0v) is 9.97. The molecule has 3 heteroatoms. The van der Waals surface area contributed by atoms with Crippen molar-refractivity contribution in [3.8, 4) is 11.8 Å². The summed E-state index contributed by atoms with van der Waals surface area (Å²) < 4.78 is 5.26. The molecule has 1 N–H and O–H groups in total. The maximum atomic E-state index is 8.46. The van der Waals surface area contributed by atoms with E-state index < -0.39 is 0 Å². The fourth-order valence-corrected chi connectivity index (χ4v) is 1.62. The van der Waals surface area contributed by atoms with Crippen LogP contribution in [-0.2, 0) is 6.54 Å². The Morgan fingerprint density at radius 2 is 1.89 bits per heavy atom. The van der Waals surface area contributed by atoms with Crippen LogP contribution in [0.2, 0.25) is 0 Å². The first kappa shape index (κ1) is 12.0. The molecular weight excluding hydrogens is 224 g/mol. The molecule has 0 aliphatic carbocycles. The van der Waals surface area contributed by atoms with E-state index in [1.807, 2.05) is 60.7 Å². The second-order valence-corrected chi connectivity index (χ2v) is 3.81. The zero-order valence-electron chi connectivity index (χ0n) is 9.97. The van der Waals surface area contributed by atoms with E-state index in [0.29, 0.717) is 0 Å².